The lowest BCUT2D eigenvalue weighted by atomic mass is 9.64. The van der Waals surface area contributed by atoms with Gasteiger partial charge in [0.05, 0.1) is 5.69 Å². The monoisotopic (exact) mass is 244 g/mol. The summed E-state index contributed by atoms with van der Waals surface area (Å²) in [6, 6.07) is 0. The SMILES string of the molecule is c1cnc(C2C3CCN(CC3)[C@]23CCNC3)cn1. The smallest absolute Gasteiger partial charge is 0.0639 e. The van der Waals surface area contributed by atoms with Gasteiger partial charge in [0.15, 0.2) is 0 Å². The third kappa shape index (κ3) is 1.39. The lowest BCUT2D eigenvalue weighted by Gasteiger charge is -2.57. The lowest BCUT2D eigenvalue weighted by Crippen LogP contribution is -2.64. The molecule has 1 aromatic heterocycles. The summed E-state index contributed by atoms with van der Waals surface area (Å²) in [4.78, 5) is 11.6. The average Bonchev–Trinajstić information content (AvgIpc) is 2.90. The van der Waals surface area contributed by atoms with E-state index in [9.17, 15) is 0 Å². The van der Waals surface area contributed by atoms with E-state index in [0.29, 0.717) is 11.5 Å². The molecule has 96 valence electrons. The average molecular weight is 244 g/mol. The molecule has 18 heavy (non-hydrogen) atoms. The molecule has 2 bridgehead atoms. The first kappa shape index (κ1) is 10.9. The van der Waals surface area contributed by atoms with Crippen LogP contribution in [0.25, 0.3) is 0 Å². The van der Waals surface area contributed by atoms with Gasteiger partial charge in [-0.05, 0) is 44.8 Å². The van der Waals surface area contributed by atoms with Gasteiger partial charge in [0.1, 0.15) is 0 Å². The number of hydrogen-bond acceptors (Lipinski definition) is 4. The molecule has 4 aliphatic heterocycles. The molecule has 0 radical (unpaired) electrons. The Bertz CT molecular complexity index is 419. The highest BCUT2D eigenvalue weighted by atomic mass is 15.3. The number of nitrogens with zero attached hydrogens (tertiary/aromatic N) is 3. The number of rotatable bonds is 1. The van der Waals surface area contributed by atoms with Crippen LogP contribution in [-0.4, -0.2) is 46.6 Å². The fourth-order valence-corrected chi connectivity index (χ4v) is 4.54. The van der Waals surface area contributed by atoms with Crippen LogP contribution in [0.2, 0.25) is 0 Å². The summed E-state index contributed by atoms with van der Waals surface area (Å²) in [6.45, 7) is 4.84. The molecule has 4 nitrogen and oxygen atoms in total. The Labute approximate surface area is 108 Å². The predicted octanol–water partition coefficient (Wildman–Crippen LogP) is 1.02. The molecule has 4 saturated heterocycles. The van der Waals surface area contributed by atoms with Gasteiger partial charge in [-0.1, -0.05) is 0 Å². The molecule has 5 heterocycles. The normalized spacial score (nSPS) is 42.6. The summed E-state index contributed by atoms with van der Waals surface area (Å²) < 4.78 is 0. The van der Waals surface area contributed by atoms with Crippen molar-refractivity contribution in [3.63, 3.8) is 0 Å². The minimum absolute atomic E-state index is 0.331. The fourth-order valence-electron chi connectivity index (χ4n) is 4.54. The first-order chi connectivity index (χ1) is 8.90. The first-order valence-electron chi connectivity index (χ1n) is 7.12. The minimum Gasteiger partial charge on any atom is -0.315 e. The van der Waals surface area contributed by atoms with E-state index in [1.165, 1.54) is 38.0 Å². The lowest BCUT2D eigenvalue weighted by molar-refractivity contribution is -0.0418. The molecular formula is C14H20N4. The van der Waals surface area contributed by atoms with E-state index in [0.717, 1.165) is 19.0 Å². The number of hydrogen-bond donors (Lipinski definition) is 1. The second kappa shape index (κ2) is 4.00. The van der Waals surface area contributed by atoms with Crippen molar-refractivity contribution >= 4 is 0 Å². The Morgan fingerprint density at radius 2 is 2.17 bits per heavy atom. The third-order valence-electron chi connectivity index (χ3n) is 5.29. The largest absolute Gasteiger partial charge is 0.315 e. The van der Waals surface area contributed by atoms with Gasteiger partial charge in [-0.25, -0.2) is 0 Å². The van der Waals surface area contributed by atoms with E-state index in [4.69, 9.17) is 0 Å². The molecule has 0 amide bonds. The van der Waals surface area contributed by atoms with Crippen molar-refractivity contribution in [2.45, 2.75) is 30.7 Å². The van der Waals surface area contributed by atoms with E-state index in [2.05, 4.69) is 20.2 Å². The van der Waals surface area contributed by atoms with Crippen molar-refractivity contribution < 1.29 is 0 Å². The molecule has 2 atom stereocenters. The zero-order valence-corrected chi connectivity index (χ0v) is 10.7. The Morgan fingerprint density at radius 1 is 1.28 bits per heavy atom. The first-order valence-corrected chi connectivity index (χ1v) is 7.12. The van der Waals surface area contributed by atoms with Gasteiger partial charge in [0, 0.05) is 36.6 Å². The van der Waals surface area contributed by atoms with Crippen LogP contribution >= 0.6 is 0 Å². The van der Waals surface area contributed by atoms with E-state index in [1.54, 1.807) is 6.20 Å². The summed E-state index contributed by atoms with van der Waals surface area (Å²) in [5.41, 5.74) is 1.55. The van der Waals surface area contributed by atoms with Crippen LogP contribution in [0, 0.1) is 5.92 Å². The van der Waals surface area contributed by atoms with Crippen molar-refractivity contribution in [2.24, 2.45) is 5.92 Å². The molecule has 1 aromatic rings. The van der Waals surface area contributed by atoms with Crippen LogP contribution in [0.15, 0.2) is 18.6 Å². The standard InChI is InChI=1S/C14H20N4/c1-7-18-8-2-11(1)13(12-9-15-5-6-17-12)14(18)3-4-16-10-14/h5-6,9,11,13,16H,1-4,7-8,10H2/t13?,14-/m0/s1. The maximum atomic E-state index is 4.62. The van der Waals surface area contributed by atoms with E-state index in [1.807, 2.05) is 12.4 Å². The maximum absolute atomic E-state index is 4.62. The molecular weight excluding hydrogens is 224 g/mol. The van der Waals surface area contributed by atoms with Crippen LogP contribution in [0.4, 0.5) is 0 Å². The molecule has 4 fully saturated rings. The second-order valence-corrected chi connectivity index (χ2v) is 5.96. The van der Waals surface area contributed by atoms with Crippen molar-refractivity contribution in [3.05, 3.63) is 24.3 Å². The van der Waals surface area contributed by atoms with Crippen LogP contribution in [0.3, 0.4) is 0 Å². The van der Waals surface area contributed by atoms with Gasteiger partial charge >= 0.3 is 0 Å². The summed E-state index contributed by atoms with van der Waals surface area (Å²) >= 11 is 0. The quantitative estimate of drug-likeness (QED) is 0.801. The van der Waals surface area contributed by atoms with Gasteiger partial charge in [-0.2, -0.15) is 0 Å². The molecule has 1 spiro atoms. The van der Waals surface area contributed by atoms with Crippen LogP contribution in [0.1, 0.15) is 30.9 Å². The predicted molar refractivity (Wildman–Crippen MR) is 69.3 cm³/mol. The Hall–Kier alpha value is -1.00. The number of nitrogens with one attached hydrogen (secondary N) is 1. The highest BCUT2D eigenvalue weighted by Gasteiger charge is 2.55. The van der Waals surface area contributed by atoms with Gasteiger partial charge in [-0.3, -0.25) is 14.9 Å². The van der Waals surface area contributed by atoms with Gasteiger partial charge < -0.3 is 5.32 Å². The van der Waals surface area contributed by atoms with Gasteiger partial charge in [0.2, 0.25) is 0 Å². The third-order valence-corrected chi connectivity index (χ3v) is 5.29. The Morgan fingerprint density at radius 3 is 2.83 bits per heavy atom. The number of fused-ring (bicyclic) bond motifs is 2. The Kier molecular flexibility index (Phi) is 2.42. The molecule has 0 aliphatic carbocycles. The summed E-state index contributed by atoms with van der Waals surface area (Å²) in [5, 5.41) is 3.58. The summed E-state index contributed by atoms with van der Waals surface area (Å²) in [5.74, 6) is 1.40. The highest BCUT2D eigenvalue weighted by Crippen LogP contribution is 2.51. The zero-order chi connectivity index (χ0) is 12.0. The van der Waals surface area contributed by atoms with Crippen molar-refractivity contribution in [3.8, 4) is 0 Å². The number of aromatic nitrogens is 2. The van der Waals surface area contributed by atoms with E-state index < -0.39 is 0 Å². The second-order valence-electron chi connectivity index (χ2n) is 5.96. The zero-order valence-electron chi connectivity index (χ0n) is 10.7. The maximum Gasteiger partial charge on any atom is 0.0639 e. The molecule has 0 aromatic carbocycles. The number of piperidine rings is 3. The molecule has 5 rings (SSSR count). The fraction of sp³-hybridized carbons (Fsp3) is 0.714. The molecule has 4 aliphatic rings. The van der Waals surface area contributed by atoms with Crippen LogP contribution in [-0.2, 0) is 0 Å². The summed E-state index contributed by atoms with van der Waals surface area (Å²) in [6.07, 6.45) is 9.57. The van der Waals surface area contributed by atoms with Gasteiger partial charge in [0.25, 0.3) is 0 Å². The highest BCUT2D eigenvalue weighted by molar-refractivity contribution is 5.22. The molecule has 1 unspecified atom stereocenters. The Balaban J connectivity index is 1.79. The molecule has 1 N–H and O–H groups in total. The van der Waals surface area contributed by atoms with E-state index in [-0.39, 0.29) is 0 Å². The molecule has 4 heteroatoms. The van der Waals surface area contributed by atoms with Crippen molar-refractivity contribution in [1.82, 2.24) is 20.2 Å². The van der Waals surface area contributed by atoms with Crippen molar-refractivity contribution in [1.29, 1.82) is 0 Å². The van der Waals surface area contributed by atoms with Gasteiger partial charge in [-0.15, -0.1) is 0 Å². The summed E-state index contributed by atoms with van der Waals surface area (Å²) in [7, 11) is 0. The van der Waals surface area contributed by atoms with E-state index >= 15 is 0 Å². The topological polar surface area (TPSA) is 41.1 Å². The van der Waals surface area contributed by atoms with Crippen LogP contribution < -0.4 is 5.32 Å². The minimum atomic E-state index is 0.331. The van der Waals surface area contributed by atoms with Crippen molar-refractivity contribution in [2.75, 3.05) is 26.2 Å². The van der Waals surface area contributed by atoms with Crippen LogP contribution in [0.5, 0.6) is 0 Å². The molecule has 0 saturated carbocycles.